The van der Waals surface area contributed by atoms with E-state index in [1.807, 2.05) is 25.1 Å². The van der Waals surface area contributed by atoms with Crippen LogP contribution in [0.5, 0.6) is 0 Å². The molecule has 110 valence electrons. The lowest BCUT2D eigenvalue weighted by molar-refractivity contribution is -0.00877. The molecule has 6 nitrogen and oxygen atoms in total. The third-order valence-electron chi connectivity index (χ3n) is 3.79. The first-order valence-corrected chi connectivity index (χ1v) is 7.15. The molecule has 0 N–H and O–H groups in total. The van der Waals surface area contributed by atoms with E-state index in [1.54, 1.807) is 0 Å². The lowest BCUT2D eigenvalue weighted by Crippen LogP contribution is -2.52. The van der Waals surface area contributed by atoms with Crippen LogP contribution in [0.4, 0.5) is 0 Å². The maximum absolute atomic E-state index is 12.6. The van der Waals surface area contributed by atoms with E-state index >= 15 is 0 Å². The van der Waals surface area contributed by atoms with Crippen LogP contribution in [0, 0.1) is 0 Å². The molecule has 20 heavy (non-hydrogen) atoms. The number of carbonyl (C=O) groups is 1. The molecule has 1 atom stereocenters. The van der Waals surface area contributed by atoms with E-state index in [1.165, 1.54) is 0 Å². The molecular weight excluding hydrogens is 258 g/mol. The number of carbonyl (C=O) groups excluding carboxylic acids is 1. The predicted molar refractivity (Wildman–Crippen MR) is 72.7 cm³/mol. The number of hydrogen-bond donors (Lipinski definition) is 0. The Bertz CT molecular complexity index is 482. The second-order valence-corrected chi connectivity index (χ2v) is 5.88. The summed E-state index contributed by atoms with van der Waals surface area (Å²) in [5, 5.41) is 3.95. The molecule has 1 saturated carbocycles. The van der Waals surface area contributed by atoms with Gasteiger partial charge in [0.05, 0.1) is 19.3 Å². The fourth-order valence-electron chi connectivity index (χ4n) is 2.59. The minimum atomic E-state index is -0.0456. The highest BCUT2D eigenvalue weighted by atomic mass is 16.5. The molecule has 2 heterocycles. The van der Waals surface area contributed by atoms with E-state index < -0.39 is 0 Å². The summed E-state index contributed by atoms with van der Waals surface area (Å²) in [6.07, 6.45) is 2.28. The van der Waals surface area contributed by atoms with E-state index in [4.69, 9.17) is 9.26 Å². The Morgan fingerprint density at radius 3 is 3.00 bits per heavy atom. The summed E-state index contributed by atoms with van der Waals surface area (Å²) in [4.78, 5) is 16.5. The van der Waals surface area contributed by atoms with Crippen LogP contribution in [0.1, 0.15) is 35.0 Å². The average Bonchev–Trinajstić information content (AvgIpc) is 3.16. The van der Waals surface area contributed by atoms with Crippen molar-refractivity contribution in [2.75, 3.05) is 40.4 Å². The molecule has 2 aliphatic rings. The van der Waals surface area contributed by atoms with Crippen molar-refractivity contribution in [3.05, 3.63) is 17.5 Å². The lowest BCUT2D eigenvalue weighted by atomic mass is 10.2. The van der Waals surface area contributed by atoms with E-state index in [2.05, 4.69) is 10.1 Å². The largest absolute Gasteiger partial charge is 0.377 e. The molecule has 1 aliphatic heterocycles. The molecule has 0 unspecified atom stereocenters. The molecule has 1 aromatic heterocycles. The summed E-state index contributed by atoms with van der Waals surface area (Å²) in [6.45, 7) is 2.57. The van der Waals surface area contributed by atoms with Crippen LogP contribution in [0.15, 0.2) is 10.6 Å². The normalized spacial score (nSPS) is 23.4. The van der Waals surface area contributed by atoms with Crippen molar-refractivity contribution in [2.45, 2.75) is 24.8 Å². The third-order valence-corrected chi connectivity index (χ3v) is 3.79. The molecule has 2 fully saturated rings. The second-order valence-electron chi connectivity index (χ2n) is 5.88. The lowest BCUT2D eigenvalue weighted by Gasteiger charge is -2.36. The Labute approximate surface area is 118 Å². The summed E-state index contributed by atoms with van der Waals surface area (Å²) in [6, 6.07) is 1.88. The molecule has 3 rings (SSSR count). The van der Waals surface area contributed by atoms with Gasteiger partial charge < -0.3 is 19.1 Å². The Hall–Kier alpha value is -1.40. The molecule has 6 heteroatoms. The fourth-order valence-corrected chi connectivity index (χ4v) is 2.59. The van der Waals surface area contributed by atoms with Gasteiger partial charge in [0, 0.05) is 25.1 Å². The zero-order valence-electron chi connectivity index (χ0n) is 12.0. The van der Waals surface area contributed by atoms with Crippen LogP contribution in [-0.4, -0.2) is 67.3 Å². The van der Waals surface area contributed by atoms with Gasteiger partial charge in [-0.1, -0.05) is 5.16 Å². The highest BCUT2D eigenvalue weighted by Crippen LogP contribution is 2.40. The van der Waals surface area contributed by atoms with Crippen LogP contribution in [0.25, 0.3) is 0 Å². The molecule has 0 bridgehead atoms. The van der Waals surface area contributed by atoms with Gasteiger partial charge in [0.1, 0.15) is 5.76 Å². The van der Waals surface area contributed by atoms with Gasteiger partial charge in [-0.3, -0.25) is 4.79 Å². The first-order valence-electron chi connectivity index (χ1n) is 7.15. The third kappa shape index (κ3) is 2.86. The SMILES string of the molecule is CN(C)C[C@@H]1COCCN1C(=O)c1cc(C2CC2)on1. The Balaban J connectivity index is 1.72. The van der Waals surface area contributed by atoms with E-state index in [0.29, 0.717) is 31.4 Å². The van der Waals surface area contributed by atoms with Gasteiger partial charge in [0.15, 0.2) is 5.69 Å². The van der Waals surface area contributed by atoms with Gasteiger partial charge in [-0.25, -0.2) is 0 Å². The number of amides is 1. The van der Waals surface area contributed by atoms with Crippen LogP contribution >= 0.6 is 0 Å². The van der Waals surface area contributed by atoms with Gasteiger partial charge in [0.2, 0.25) is 0 Å². The average molecular weight is 279 g/mol. The van der Waals surface area contributed by atoms with E-state index in [9.17, 15) is 4.79 Å². The number of nitrogens with zero attached hydrogens (tertiary/aromatic N) is 3. The van der Waals surface area contributed by atoms with Crippen LogP contribution in [0.3, 0.4) is 0 Å². The van der Waals surface area contributed by atoms with Crippen molar-refractivity contribution in [1.82, 2.24) is 15.0 Å². The smallest absolute Gasteiger partial charge is 0.276 e. The fraction of sp³-hybridized carbons (Fsp3) is 0.714. The van der Waals surface area contributed by atoms with Crippen molar-refractivity contribution in [3.8, 4) is 0 Å². The molecule has 1 aliphatic carbocycles. The molecule has 0 radical (unpaired) electrons. The molecule has 1 aromatic rings. The van der Waals surface area contributed by atoms with Gasteiger partial charge in [-0.15, -0.1) is 0 Å². The number of morpholine rings is 1. The number of hydrogen-bond acceptors (Lipinski definition) is 5. The number of rotatable bonds is 4. The highest BCUT2D eigenvalue weighted by Gasteiger charge is 2.33. The first-order chi connectivity index (χ1) is 9.65. The summed E-state index contributed by atoms with van der Waals surface area (Å²) in [5.41, 5.74) is 0.428. The molecule has 1 saturated heterocycles. The topological polar surface area (TPSA) is 58.8 Å². The number of aromatic nitrogens is 1. The van der Waals surface area contributed by atoms with Crippen molar-refractivity contribution >= 4 is 5.91 Å². The van der Waals surface area contributed by atoms with Crippen molar-refractivity contribution in [1.29, 1.82) is 0 Å². The van der Waals surface area contributed by atoms with E-state index in [0.717, 1.165) is 25.1 Å². The van der Waals surface area contributed by atoms with Crippen LogP contribution in [-0.2, 0) is 4.74 Å². The van der Waals surface area contributed by atoms with Crippen LogP contribution < -0.4 is 0 Å². The Morgan fingerprint density at radius 1 is 1.50 bits per heavy atom. The monoisotopic (exact) mass is 279 g/mol. The first kappa shape index (κ1) is 13.6. The summed E-state index contributed by atoms with van der Waals surface area (Å²) in [7, 11) is 4.00. The minimum absolute atomic E-state index is 0.0456. The maximum Gasteiger partial charge on any atom is 0.276 e. The van der Waals surface area contributed by atoms with Crippen molar-refractivity contribution in [3.63, 3.8) is 0 Å². The van der Waals surface area contributed by atoms with Gasteiger partial charge in [-0.05, 0) is 26.9 Å². The maximum atomic E-state index is 12.6. The van der Waals surface area contributed by atoms with Crippen molar-refractivity contribution < 1.29 is 14.1 Å². The highest BCUT2D eigenvalue weighted by molar-refractivity contribution is 5.92. The zero-order chi connectivity index (χ0) is 14.1. The summed E-state index contributed by atoms with van der Waals surface area (Å²) in [5.74, 6) is 1.29. The minimum Gasteiger partial charge on any atom is -0.377 e. The summed E-state index contributed by atoms with van der Waals surface area (Å²) >= 11 is 0. The number of likely N-dealkylation sites (N-methyl/N-ethyl adjacent to an activating group) is 1. The van der Waals surface area contributed by atoms with Crippen LogP contribution in [0.2, 0.25) is 0 Å². The van der Waals surface area contributed by atoms with Gasteiger partial charge in [-0.2, -0.15) is 0 Å². The van der Waals surface area contributed by atoms with Crippen molar-refractivity contribution in [2.24, 2.45) is 0 Å². The van der Waals surface area contributed by atoms with E-state index in [-0.39, 0.29) is 11.9 Å². The standard InChI is InChI=1S/C14H21N3O3/c1-16(2)8-11-9-19-6-5-17(11)14(18)12-7-13(20-15-12)10-3-4-10/h7,10-11H,3-6,8-9H2,1-2H3/t11-/m1/s1. The predicted octanol–water partition coefficient (Wildman–Crippen LogP) is 0.955. The quantitative estimate of drug-likeness (QED) is 0.821. The Kier molecular flexibility index (Phi) is 3.76. The Morgan fingerprint density at radius 2 is 2.30 bits per heavy atom. The van der Waals surface area contributed by atoms with Gasteiger partial charge in [0.25, 0.3) is 5.91 Å². The molecule has 0 spiro atoms. The molecular formula is C14H21N3O3. The molecule has 1 amide bonds. The zero-order valence-corrected chi connectivity index (χ0v) is 12.0. The van der Waals surface area contributed by atoms with Gasteiger partial charge >= 0.3 is 0 Å². The second kappa shape index (κ2) is 5.54. The number of ether oxygens (including phenoxy) is 1. The molecule has 0 aromatic carbocycles. The summed E-state index contributed by atoms with van der Waals surface area (Å²) < 4.78 is 10.8.